The molecule has 15 heteroatoms. The molecule has 5 atom stereocenters. The number of carboxylic acids is 1. The third kappa shape index (κ3) is 5.28. The average Bonchev–Trinajstić information content (AvgIpc) is 3.37. The second kappa shape index (κ2) is 11.2. The zero-order valence-corrected chi connectivity index (χ0v) is 24.3. The summed E-state index contributed by atoms with van der Waals surface area (Å²) in [7, 11) is -4.58. The van der Waals surface area contributed by atoms with Crippen molar-refractivity contribution in [1.29, 1.82) is 0 Å². The summed E-state index contributed by atoms with van der Waals surface area (Å²) in [5.74, 6) is -4.92. The van der Waals surface area contributed by atoms with E-state index in [1.807, 2.05) is 0 Å². The van der Waals surface area contributed by atoms with Crippen LogP contribution in [0.2, 0.25) is 0 Å². The van der Waals surface area contributed by atoms with E-state index in [1.165, 1.54) is 0 Å². The van der Waals surface area contributed by atoms with Crippen molar-refractivity contribution in [3.05, 3.63) is 65.0 Å². The molecule has 2 unspecified atom stereocenters. The molecule has 5 rings (SSSR count). The summed E-state index contributed by atoms with van der Waals surface area (Å²) in [5, 5.41) is 12.2. The summed E-state index contributed by atoms with van der Waals surface area (Å²) in [6.07, 6.45) is -11.7. The van der Waals surface area contributed by atoms with Crippen LogP contribution in [0, 0.1) is 23.6 Å². The van der Waals surface area contributed by atoms with Crippen molar-refractivity contribution in [2.45, 2.75) is 85.1 Å². The van der Waals surface area contributed by atoms with Crippen LogP contribution in [0.3, 0.4) is 0 Å². The summed E-state index contributed by atoms with van der Waals surface area (Å²) in [6.45, 7) is 0. The predicted octanol–water partition coefficient (Wildman–Crippen LogP) is 6.52. The highest BCUT2D eigenvalue weighted by atomic mass is 32.2. The van der Waals surface area contributed by atoms with Crippen molar-refractivity contribution in [2.75, 3.05) is 0 Å². The van der Waals surface area contributed by atoms with E-state index in [0.717, 1.165) is 30.3 Å². The molecule has 1 amide bonds. The fraction of sp³-hybridized carbons (Fsp3) is 0.533. The van der Waals surface area contributed by atoms with Gasteiger partial charge in [0.2, 0.25) is 5.91 Å². The summed E-state index contributed by atoms with van der Waals surface area (Å²) in [4.78, 5) is 24.7. The Morgan fingerprint density at radius 1 is 0.889 bits per heavy atom. The van der Waals surface area contributed by atoms with Gasteiger partial charge in [-0.15, -0.1) is 0 Å². The SMILES string of the molecule is O=C(O)C1CCCC(NC(=O)[C@@H]2CC[C@@]3(S(=O)(=O)c4ccc(F)cc4)c4ccc(C(F)(C(F)(F)F)C(F)(F)F)cc4CC[C@@H]23)C1. The van der Waals surface area contributed by atoms with Gasteiger partial charge in [0.1, 0.15) is 10.6 Å². The number of hydrogen-bond donors (Lipinski definition) is 2. The fourth-order valence-electron chi connectivity index (χ4n) is 7.55. The minimum Gasteiger partial charge on any atom is -0.481 e. The van der Waals surface area contributed by atoms with Gasteiger partial charge in [0.25, 0.3) is 0 Å². The number of alkyl halides is 7. The second-order valence-electron chi connectivity index (χ2n) is 12.1. The average molecular weight is 668 g/mol. The number of carboxylic acid groups (broad SMARTS) is 1. The number of aliphatic carboxylic acids is 1. The molecule has 0 heterocycles. The van der Waals surface area contributed by atoms with Crippen LogP contribution < -0.4 is 5.32 Å². The van der Waals surface area contributed by atoms with Gasteiger partial charge in [0, 0.05) is 17.5 Å². The third-order valence-electron chi connectivity index (χ3n) is 9.69. The van der Waals surface area contributed by atoms with E-state index in [9.17, 15) is 58.2 Å². The number of carbonyl (C=O) groups is 2. The zero-order valence-electron chi connectivity index (χ0n) is 23.5. The van der Waals surface area contributed by atoms with E-state index < -0.39 is 79.7 Å². The second-order valence-corrected chi connectivity index (χ2v) is 14.3. The quantitative estimate of drug-likeness (QED) is 0.270. The monoisotopic (exact) mass is 667 g/mol. The molecule has 2 saturated carbocycles. The Labute approximate surface area is 253 Å². The molecule has 246 valence electrons. The number of sulfone groups is 1. The Hall–Kier alpha value is -3.23. The molecule has 0 spiro atoms. The first-order valence-corrected chi connectivity index (χ1v) is 15.8. The molecule has 0 aliphatic heterocycles. The van der Waals surface area contributed by atoms with E-state index in [2.05, 4.69) is 5.32 Å². The van der Waals surface area contributed by atoms with E-state index in [1.54, 1.807) is 0 Å². The predicted molar refractivity (Wildman–Crippen MR) is 143 cm³/mol. The van der Waals surface area contributed by atoms with Crippen LogP contribution in [0.25, 0.3) is 0 Å². The zero-order chi connectivity index (χ0) is 33.2. The molecule has 0 aromatic heterocycles. The maximum Gasteiger partial charge on any atom is 0.435 e. The van der Waals surface area contributed by atoms with Crippen molar-refractivity contribution in [1.82, 2.24) is 5.32 Å². The van der Waals surface area contributed by atoms with Gasteiger partial charge in [-0.2, -0.15) is 26.3 Å². The van der Waals surface area contributed by atoms with Gasteiger partial charge in [-0.1, -0.05) is 24.6 Å². The number of halogens is 8. The first-order chi connectivity index (χ1) is 20.8. The van der Waals surface area contributed by atoms with Crippen molar-refractivity contribution < 1.29 is 58.2 Å². The number of benzene rings is 2. The number of aryl methyl sites for hydroxylation is 1. The van der Waals surface area contributed by atoms with Gasteiger partial charge >= 0.3 is 24.0 Å². The number of amides is 1. The lowest BCUT2D eigenvalue weighted by Crippen LogP contribution is -2.51. The standard InChI is InChI=1S/C30H29F8NO5S/c31-19-6-8-21(9-7-19)45(43,44)27-13-12-22(25(40)39-20-3-1-2-17(15-20)26(41)42)24(27)10-4-16-14-18(5-11-23(16)27)28(32,29(33,34)35)30(36,37)38/h5-9,11,14,17,20,22,24H,1-4,10,12-13,15H2,(H,39,40)(H,41,42)/t17?,20?,22-,24+,27-/m1/s1. The van der Waals surface area contributed by atoms with Gasteiger partial charge in [-0.05, 0) is 86.3 Å². The van der Waals surface area contributed by atoms with Gasteiger partial charge in [0.05, 0.1) is 10.8 Å². The molecular weight excluding hydrogens is 638 g/mol. The van der Waals surface area contributed by atoms with E-state index in [-0.39, 0.29) is 54.2 Å². The fourth-order valence-corrected chi connectivity index (χ4v) is 10.0. The van der Waals surface area contributed by atoms with E-state index in [4.69, 9.17) is 0 Å². The maximum absolute atomic E-state index is 15.0. The van der Waals surface area contributed by atoms with Crippen molar-refractivity contribution >= 4 is 21.7 Å². The summed E-state index contributed by atoms with van der Waals surface area (Å²) in [6, 6.07) is 4.70. The van der Waals surface area contributed by atoms with Crippen LogP contribution in [-0.4, -0.2) is 43.8 Å². The highest BCUT2D eigenvalue weighted by Crippen LogP contribution is 2.60. The van der Waals surface area contributed by atoms with Crippen molar-refractivity contribution in [3.63, 3.8) is 0 Å². The summed E-state index contributed by atoms with van der Waals surface area (Å²) >= 11 is 0. The molecule has 3 aliphatic rings. The molecule has 2 aromatic carbocycles. The number of rotatable bonds is 6. The molecule has 0 radical (unpaired) electrons. The van der Waals surface area contributed by atoms with Crippen LogP contribution in [0.15, 0.2) is 47.4 Å². The first kappa shape index (κ1) is 33.1. The normalized spacial score (nSPS) is 27.4. The Bertz CT molecular complexity index is 1580. The molecule has 2 N–H and O–H groups in total. The van der Waals surface area contributed by atoms with Crippen molar-refractivity contribution in [3.8, 4) is 0 Å². The maximum atomic E-state index is 15.0. The molecule has 2 fully saturated rings. The van der Waals surface area contributed by atoms with Gasteiger partial charge < -0.3 is 10.4 Å². The third-order valence-corrected chi connectivity index (χ3v) is 12.3. The minimum absolute atomic E-state index is 0.0225. The van der Waals surface area contributed by atoms with Gasteiger partial charge in [0.15, 0.2) is 9.84 Å². The van der Waals surface area contributed by atoms with Gasteiger partial charge in [-0.25, -0.2) is 17.2 Å². The molecule has 0 saturated heterocycles. The van der Waals surface area contributed by atoms with E-state index in [0.29, 0.717) is 25.3 Å². The number of carbonyl (C=O) groups excluding carboxylic acids is 1. The first-order valence-electron chi connectivity index (χ1n) is 14.3. The number of hydrogen-bond acceptors (Lipinski definition) is 4. The molecule has 2 aromatic rings. The lowest BCUT2D eigenvalue weighted by atomic mass is 9.72. The topological polar surface area (TPSA) is 101 Å². The minimum atomic E-state index is -6.37. The Morgan fingerprint density at radius 3 is 2.13 bits per heavy atom. The Morgan fingerprint density at radius 2 is 1.53 bits per heavy atom. The highest BCUT2D eigenvalue weighted by molar-refractivity contribution is 7.92. The number of fused-ring (bicyclic) bond motifs is 3. The van der Waals surface area contributed by atoms with Gasteiger partial charge in [-0.3, -0.25) is 9.59 Å². The highest BCUT2D eigenvalue weighted by Gasteiger charge is 2.74. The summed E-state index contributed by atoms with van der Waals surface area (Å²) in [5.41, 5.74) is -7.84. The molecule has 3 aliphatic carbocycles. The smallest absolute Gasteiger partial charge is 0.435 e. The van der Waals surface area contributed by atoms with E-state index >= 15 is 0 Å². The molecule has 0 bridgehead atoms. The van der Waals surface area contributed by atoms with Crippen LogP contribution >= 0.6 is 0 Å². The largest absolute Gasteiger partial charge is 0.481 e. The molecule has 6 nitrogen and oxygen atoms in total. The lowest BCUT2D eigenvalue weighted by molar-refractivity contribution is -0.348. The van der Waals surface area contributed by atoms with Crippen LogP contribution in [0.5, 0.6) is 0 Å². The van der Waals surface area contributed by atoms with Crippen LogP contribution in [0.4, 0.5) is 35.1 Å². The lowest BCUT2D eigenvalue weighted by Gasteiger charge is -2.43. The Balaban J connectivity index is 1.59. The molecular formula is C30H29F8NO5S. The Kier molecular flexibility index (Phi) is 8.27. The molecule has 45 heavy (non-hydrogen) atoms. The van der Waals surface area contributed by atoms with Crippen LogP contribution in [0.1, 0.15) is 61.6 Å². The van der Waals surface area contributed by atoms with Crippen molar-refractivity contribution in [2.24, 2.45) is 17.8 Å². The summed E-state index contributed by atoms with van der Waals surface area (Å²) < 4.78 is 137. The number of nitrogens with one attached hydrogen (secondary N) is 1. The van der Waals surface area contributed by atoms with Crippen LogP contribution in [-0.2, 0) is 36.3 Å².